The van der Waals surface area contributed by atoms with Crippen molar-refractivity contribution in [2.24, 2.45) is 11.3 Å². The number of piperidine rings is 1. The lowest BCUT2D eigenvalue weighted by Gasteiger charge is -2.33. The normalized spacial score (nSPS) is 20.0. The van der Waals surface area contributed by atoms with Gasteiger partial charge in [0, 0.05) is 41.1 Å². The Morgan fingerprint density at radius 3 is 2.65 bits per heavy atom. The smallest absolute Gasteiger partial charge is 0.228 e. The molecule has 3 heterocycles. The summed E-state index contributed by atoms with van der Waals surface area (Å²) in [7, 11) is 0. The fourth-order valence-electron chi connectivity index (χ4n) is 4.83. The van der Waals surface area contributed by atoms with Crippen LogP contribution in [0.1, 0.15) is 25.0 Å². The molecule has 1 saturated heterocycles. The molecular formula is C25H28N4OS. The third-order valence-corrected chi connectivity index (χ3v) is 7.57. The number of nitrogens with one attached hydrogen (secondary N) is 1. The lowest BCUT2D eigenvalue weighted by molar-refractivity contribution is -0.118. The molecule has 1 spiro atoms. The van der Waals surface area contributed by atoms with E-state index in [1.807, 2.05) is 36.5 Å². The molecule has 160 valence electrons. The summed E-state index contributed by atoms with van der Waals surface area (Å²) < 4.78 is 2.17. The second-order valence-electron chi connectivity index (χ2n) is 8.67. The van der Waals surface area contributed by atoms with Crippen molar-refractivity contribution >= 4 is 23.4 Å². The van der Waals surface area contributed by atoms with Crippen molar-refractivity contribution in [1.29, 1.82) is 0 Å². The Bertz CT molecular complexity index is 1040. The zero-order valence-electron chi connectivity index (χ0n) is 17.8. The lowest BCUT2D eigenvalue weighted by atomic mass is 9.90. The molecule has 5 nitrogen and oxygen atoms in total. The zero-order valence-corrected chi connectivity index (χ0v) is 18.6. The van der Waals surface area contributed by atoms with Crippen LogP contribution in [0.25, 0.3) is 5.82 Å². The van der Waals surface area contributed by atoms with Crippen molar-refractivity contribution in [3.05, 3.63) is 72.7 Å². The van der Waals surface area contributed by atoms with Gasteiger partial charge in [-0.25, -0.2) is 4.98 Å². The number of likely N-dealkylation sites (tertiary alicyclic amines) is 1. The van der Waals surface area contributed by atoms with Gasteiger partial charge in [0.1, 0.15) is 5.82 Å². The number of benzene rings is 1. The quantitative estimate of drug-likeness (QED) is 0.567. The average Bonchev–Trinajstić information content (AvgIpc) is 3.32. The topological polar surface area (TPSA) is 50.2 Å². The summed E-state index contributed by atoms with van der Waals surface area (Å²) in [6.45, 7) is 3.00. The maximum Gasteiger partial charge on any atom is 0.228 e. The van der Waals surface area contributed by atoms with Gasteiger partial charge in [0.15, 0.2) is 0 Å². The number of rotatable bonds is 6. The summed E-state index contributed by atoms with van der Waals surface area (Å²) in [6, 6.07) is 18.4. The van der Waals surface area contributed by atoms with Crippen LogP contribution in [0.3, 0.4) is 0 Å². The molecule has 5 rings (SSSR count). The number of carbonyl (C=O) groups excluding carboxylic acids is 1. The van der Waals surface area contributed by atoms with Gasteiger partial charge in [0.05, 0.1) is 0 Å². The van der Waals surface area contributed by atoms with E-state index < -0.39 is 0 Å². The first kappa shape index (κ1) is 20.3. The summed E-state index contributed by atoms with van der Waals surface area (Å²) in [6.07, 6.45) is 9.19. The number of amides is 1. The van der Waals surface area contributed by atoms with Crippen LogP contribution in [0.2, 0.25) is 0 Å². The maximum atomic E-state index is 12.8. The molecule has 0 radical (unpaired) electrons. The third kappa shape index (κ3) is 4.27. The first-order valence-electron chi connectivity index (χ1n) is 10.9. The Morgan fingerprint density at radius 1 is 1.13 bits per heavy atom. The van der Waals surface area contributed by atoms with E-state index >= 15 is 0 Å². The molecule has 1 atom stereocenters. The monoisotopic (exact) mass is 432 g/mol. The van der Waals surface area contributed by atoms with Crippen molar-refractivity contribution in [3.63, 3.8) is 0 Å². The third-order valence-electron chi connectivity index (χ3n) is 6.83. The van der Waals surface area contributed by atoms with E-state index in [2.05, 4.69) is 56.5 Å². The molecule has 31 heavy (non-hydrogen) atoms. The Labute approximate surface area is 187 Å². The predicted octanol–water partition coefficient (Wildman–Crippen LogP) is 4.84. The van der Waals surface area contributed by atoms with Crippen LogP contribution in [0.4, 0.5) is 5.69 Å². The molecular weight excluding hydrogens is 404 g/mol. The fourth-order valence-corrected chi connectivity index (χ4v) is 5.23. The number of hydrogen-bond donors (Lipinski definition) is 1. The van der Waals surface area contributed by atoms with Gasteiger partial charge in [0.2, 0.25) is 5.91 Å². The highest BCUT2D eigenvalue weighted by Crippen LogP contribution is 2.59. The molecule has 0 bridgehead atoms. The van der Waals surface area contributed by atoms with Gasteiger partial charge in [0.25, 0.3) is 0 Å². The molecule has 1 unspecified atom stereocenters. The van der Waals surface area contributed by atoms with Crippen molar-refractivity contribution < 1.29 is 4.79 Å². The lowest BCUT2D eigenvalue weighted by Crippen LogP contribution is -2.36. The maximum absolute atomic E-state index is 12.8. The van der Waals surface area contributed by atoms with E-state index in [0.29, 0.717) is 0 Å². The van der Waals surface area contributed by atoms with Crippen molar-refractivity contribution in [1.82, 2.24) is 14.5 Å². The van der Waals surface area contributed by atoms with Crippen molar-refractivity contribution in [2.75, 3.05) is 24.7 Å². The molecule has 2 aromatic heterocycles. The van der Waals surface area contributed by atoms with E-state index in [0.717, 1.165) is 50.4 Å². The van der Waals surface area contributed by atoms with Crippen molar-refractivity contribution in [2.45, 2.75) is 30.7 Å². The minimum Gasteiger partial charge on any atom is -0.326 e. The number of anilines is 1. The number of nitrogens with zero attached hydrogens (tertiary/aromatic N) is 3. The molecule has 6 heteroatoms. The molecule has 3 aromatic rings. The number of hydrogen-bond acceptors (Lipinski definition) is 4. The standard InChI is InChI=1S/C25H28N4OS/c1-31-21-9-7-19(8-10-21)27-24(30)22-17-25(22)11-15-28(16-12-25)18-20-5-4-14-29(20)23-6-2-3-13-26-23/h2-10,13-14,22H,11-12,15-18H2,1H3,(H,27,30). The van der Waals surface area contributed by atoms with Gasteiger partial charge < -0.3 is 9.88 Å². The molecule has 1 aliphatic heterocycles. The highest BCUT2D eigenvalue weighted by Gasteiger charge is 2.58. The first-order chi connectivity index (χ1) is 15.2. The van der Waals surface area contributed by atoms with Crippen LogP contribution in [-0.4, -0.2) is 39.7 Å². The van der Waals surface area contributed by atoms with Gasteiger partial charge in [-0.05, 0) is 92.6 Å². The molecule has 1 saturated carbocycles. The Hall–Kier alpha value is -2.57. The molecule has 2 aliphatic rings. The predicted molar refractivity (Wildman–Crippen MR) is 125 cm³/mol. The molecule has 1 aliphatic carbocycles. The number of carbonyl (C=O) groups is 1. The van der Waals surface area contributed by atoms with Crippen LogP contribution in [0.15, 0.2) is 71.9 Å². The molecule has 2 fully saturated rings. The van der Waals surface area contributed by atoms with Gasteiger partial charge in [-0.3, -0.25) is 9.69 Å². The molecule has 1 amide bonds. The number of thioether (sulfide) groups is 1. The van der Waals surface area contributed by atoms with E-state index in [1.165, 1.54) is 10.6 Å². The van der Waals surface area contributed by atoms with Gasteiger partial charge in [-0.2, -0.15) is 0 Å². The van der Waals surface area contributed by atoms with E-state index in [4.69, 9.17) is 0 Å². The summed E-state index contributed by atoms with van der Waals surface area (Å²) in [5.74, 6) is 1.31. The fraction of sp³-hybridized carbons (Fsp3) is 0.360. The van der Waals surface area contributed by atoms with Crippen LogP contribution in [0, 0.1) is 11.3 Å². The Morgan fingerprint density at radius 2 is 1.94 bits per heavy atom. The largest absolute Gasteiger partial charge is 0.326 e. The SMILES string of the molecule is CSc1ccc(NC(=O)C2CC23CCN(Cc2cccn2-c2ccccn2)CC3)cc1. The second-order valence-corrected chi connectivity index (χ2v) is 9.55. The highest BCUT2D eigenvalue weighted by molar-refractivity contribution is 7.98. The van der Waals surface area contributed by atoms with Crippen molar-refractivity contribution in [3.8, 4) is 5.82 Å². The Balaban J connectivity index is 1.15. The van der Waals surface area contributed by atoms with Crippen LogP contribution in [0.5, 0.6) is 0 Å². The minimum absolute atomic E-state index is 0.159. The molecule has 1 aromatic carbocycles. The van der Waals surface area contributed by atoms with Gasteiger partial charge in [-0.15, -0.1) is 11.8 Å². The van der Waals surface area contributed by atoms with Crippen LogP contribution >= 0.6 is 11.8 Å². The highest BCUT2D eigenvalue weighted by atomic mass is 32.2. The summed E-state index contributed by atoms with van der Waals surface area (Å²) in [5.41, 5.74) is 2.37. The average molecular weight is 433 g/mol. The van der Waals surface area contributed by atoms with Gasteiger partial charge in [-0.1, -0.05) is 6.07 Å². The van der Waals surface area contributed by atoms with Crippen LogP contribution in [-0.2, 0) is 11.3 Å². The second kappa shape index (κ2) is 8.52. The van der Waals surface area contributed by atoms with Crippen LogP contribution < -0.4 is 5.32 Å². The van der Waals surface area contributed by atoms with Gasteiger partial charge >= 0.3 is 0 Å². The van der Waals surface area contributed by atoms with E-state index in [1.54, 1.807) is 11.8 Å². The minimum atomic E-state index is 0.159. The zero-order chi connectivity index (χ0) is 21.3. The number of pyridine rings is 1. The van der Waals surface area contributed by atoms with E-state index in [9.17, 15) is 4.79 Å². The number of aromatic nitrogens is 2. The molecule has 1 N–H and O–H groups in total. The summed E-state index contributed by atoms with van der Waals surface area (Å²) >= 11 is 1.71. The summed E-state index contributed by atoms with van der Waals surface area (Å²) in [4.78, 5) is 21.0. The van der Waals surface area contributed by atoms with E-state index in [-0.39, 0.29) is 17.2 Å². The summed E-state index contributed by atoms with van der Waals surface area (Å²) in [5, 5.41) is 3.13. The first-order valence-corrected chi connectivity index (χ1v) is 12.1. The Kier molecular flexibility index (Phi) is 5.59.